The maximum Gasteiger partial charge on any atom is 0.504 e. The lowest BCUT2D eigenvalue weighted by atomic mass is 9.84. The Morgan fingerprint density at radius 2 is 1.48 bits per heavy atom. The van der Waals surface area contributed by atoms with E-state index in [4.69, 9.17) is 24.2 Å². The van der Waals surface area contributed by atoms with Crippen LogP contribution >= 0.6 is 0 Å². The van der Waals surface area contributed by atoms with Gasteiger partial charge in [-0.15, -0.1) is 15.0 Å². The summed E-state index contributed by atoms with van der Waals surface area (Å²) in [4.78, 5) is 15.1. The zero-order chi connectivity index (χ0) is 19.6. The van der Waals surface area contributed by atoms with Gasteiger partial charge in [0.2, 0.25) is 5.54 Å². The van der Waals surface area contributed by atoms with Crippen LogP contribution < -0.4 is 18.6 Å². The molecule has 1 aromatic rings. The number of benzene rings is 1. The molecule has 0 aliphatic carbocycles. The Morgan fingerprint density at radius 1 is 1.04 bits per heavy atom. The van der Waals surface area contributed by atoms with Gasteiger partial charge in [0.25, 0.3) is 5.54 Å². The molecule has 1 aromatic carbocycles. The molecule has 11 nitrogen and oxygen atoms in total. The summed E-state index contributed by atoms with van der Waals surface area (Å²) >= 11 is 0. The van der Waals surface area contributed by atoms with Gasteiger partial charge in [0, 0.05) is 43.2 Å². The summed E-state index contributed by atoms with van der Waals surface area (Å²) in [6.45, 7) is 6.97. The van der Waals surface area contributed by atoms with E-state index in [1.54, 1.807) is 52.0 Å². The van der Waals surface area contributed by atoms with Crippen LogP contribution in [0.4, 0.5) is 5.69 Å². The standard InChI is InChI=1S/C13H16N5O2.ClHO4/c1-12(2)13(3,4)18(20)11(17(12)19)9-5-7-10(8-6-9)15-16-14;2-1(3,4)5/h5-8H,1-4H3;(H,2,3,4,5)/q+1;/p-1. The predicted molar refractivity (Wildman–Crippen MR) is 74.8 cm³/mol. The van der Waals surface area contributed by atoms with Gasteiger partial charge in [0.05, 0.1) is 0 Å². The molecule has 12 heteroatoms. The summed E-state index contributed by atoms with van der Waals surface area (Å²) < 4.78 is 35.5. The second kappa shape index (κ2) is 6.92. The summed E-state index contributed by atoms with van der Waals surface area (Å²) in [5.41, 5.74) is 7.62. The highest BCUT2D eigenvalue weighted by Gasteiger charge is 2.68. The van der Waals surface area contributed by atoms with Crippen molar-refractivity contribution < 1.29 is 38.4 Å². The Morgan fingerprint density at radius 3 is 1.80 bits per heavy atom. The average molecular weight is 374 g/mol. The molecule has 1 aliphatic heterocycles. The zero-order valence-electron chi connectivity index (χ0n) is 13.9. The van der Waals surface area contributed by atoms with Crippen LogP contribution in [0.15, 0.2) is 29.4 Å². The van der Waals surface area contributed by atoms with Crippen LogP contribution in [0.1, 0.15) is 33.3 Å². The molecule has 0 aromatic heterocycles. The minimum Gasteiger partial charge on any atom is -0.618 e. The maximum absolute atomic E-state index is 12.4. The van der Waals surface area contributed by atoms with Gasteiger partial charge in [-0.3, -0.25) is 0 Å². The molecule has 0 unspecified atom stereocenters. The third kappa shape index (κ3) is 4.42. The number of halogens is 1. The van der Waals surface area contributed by atoms with Crippen LogP contribution in [0.3, 0.4) is 0 Å². The first-order chi connectivity index (χ1) is 11.2. The van der Waals surface area contributed by atoms with E-state index in [0.29, 0.717) is 11.3 Å². The van der Waals surface area contributed by atoms with Crippen LogP contribution in [-0.4, -0.2) is 26.4 Å². The zero-order valence-corrected chi connectivity index (χ0v) is 14.6. The van der Waals surface area contributed by atoms with Gasteiger partial charge in [0.15, 0.2) is 0 Å². The lowest BCUT2D eigenvalue weighted by Crippen LogP contribution is -2.68. The summed E-state index contributed by atoms with van der Waals surface area (Å²) in [7, 11) is -4.94. The predicted octanol–water partition coefficient (Wildman–Crippen LogP) is -1.52. The third-order valence-corrected chi connectivity index (χ3v) is 4.18. The molecule has 0 saturated heterocycles. The molecule has 1 heterocycles. The lowest BCUT2D eigenvalue weighted by molar-refractivity contribution is -2.00. The van der Waals surface area contributed by atoms with E-state index in [0.717, 1.165) is 9.50 Å². The second-order valence-electron chi connectivity index (χ2n) is 6.14. The van der Waals surface area contributed by atoms with Crippen LogP contribution in [0.5, 0.6) is 0 Å². The lowest BCUT2D eigenvalue weighted by Gasteiger charge is -2.22. The molecule has 1 aliphatic rings. The molecule has 0 saturated carbocycles. The number of amidine groups is 1. The Labute approximate surface area is 145 Å². The molecule has 0 N–H and O–H groups in total. The van der Waals surface area contributed by atoms with Gasteiger partial charge in [-0.2, -0.15) is 0 Å². The van der Waals surface area contributed by atoms with Crippen molar-refractivity contribution in [1.82, 2.24) is 0 Å². The quantitative estimate of drug-likeness (QED) is 0.199. The Hall–Kier alpha value is -2.27. The van der Waals surface area contributed by atoms with Crippen LogP contribution in [-0.2, 0) is 0 Å². The molecule has 0 radical (unpaired) electrons. The minimum atomic E-state index is -4.94. The van der Waals surface area contributed by atoms with Crippen molar-refractivity contribution in [2.45, 2.75) is 38.8 Å². The Balaban J connectivity index is 0.000000550. The summed E-state index contributed by atoms with van der Waals surface area (Å²) in [5.74, 6) is 0.0764. The van der Waals surface area contributed by atoms with Gasteiger partial charge in [-0.25, -0.2) is 18.6 Å². The first-order valence-corrected chi connectivity index (χ1v) is 8.06. The van der Waals surface area contributed by atoms with Crippen molar-refractivity contribution in [3.05, 3.63) is 50.4 Å². The molecule has 0 amide bonds. The van der Waals surface area contributed by atoms with Crippen molar-refractivity contribution in [3.8, 4) is 0 Å². The normalized spacial score (nSPS) is 18.3. The SMILES string of the molecule is CC1(C)[N+](=O)C(c2ccc(N=[N+]=[N-])cc2)=[N+]([O-])C1(C)C.[O-][Cl+3]([O-])([O-])[O-]. The number of nitroso groups, excluding NO2 is 1. The second-order valence-corrected chi connectivity index (χ2v) is 6.90. The molecule has 0 spiro atoms. The van der Waals surface area contributed by atoms with Gasteiger partial charge in [0.1, 0.15) is 10.3 Å². The maximum atomic E-state index is 12.4. The molecule has 0 bridgehead atoms. The van der Waals surface area contributed by atoms with Gasteiger partial charge < -0.3 is 5.21 Å². The van der Waals surface area contributed by atoms with Crippen molar-refractivity contribution in [1.29, 1.82) is 0 Å². The fourth-order valence-corrected chi connectivity index (χ4v) is 2.07. The van der Waals surface area contributed by atoms with Crippen molar-refractivity contribution in [2.75, 3.05) is 0 Å². The fraction of sp³-hybridized carbons (Fsp3) is 0.462. The van der Waals surface area contributed by atoms with Crippen molar-refractivity contribution >= 4 is 11.5 Å². The van der Waals surface area contributed by atoms with E-state index in [2.05, 4.69) is 10.0 Å². The number of azide groups is 1. The molecule has 0 fully saturated rings. The number of hydroxylamine groups is 1. The number of hydrogen-bond donors (Lipinski definition) is 0. The highest BCUT2D eigenvalue weighted by molar-refractivity contribution is 5.90. The fourth-order valence-electron chi connectivity index (χ4n) is 2.07. The average Bonchev–Trinajstić information content (AvgIpc) is 2.57. The molecule has 25 heavy (non-hydrogen) atoms. The molecule has 136 valence electrons. The number of hydrogen-bond acceptors (Lipinski definition) is 7. The van der Waals surface area contributed by atoms with Gasteiger partial charge in [-0.05, 0) is 17.7 Å². The Bertz CT molecular complexity index is 741. The third-order valence-electron chi connectivity index (χ3n) is 4.18. The van der Waals surface area contributed by atoms with Gasteiger partial charge >= 0.3 is 5.84 Å². The van der Waals surface area contributed by atoms with Crippen LogP contribution in [0, 0.1) is 20.4 Å². The van der Waals surface area contributed by atoms with E-state index in [1.807, 2.05) is 0 Å². The molecule has 2 rings (SSSR count). The topological polar surface area (TPSA) is 187 Å². The summed E-state index contributed by atoms with van der Waals surface area (Å²) in [6, 6.07) is 6.35. The molecular weight excluding hydrogens is 358 g/mol. The van der Waals surface area contributed by atoms with E-state index >= 15 is 0 Å². The highest BCUT2D eigenvalue weighted by atomic mass is 35.7. The summed E-state index contributed by atoms with van der Waals surface area (Å²) in [5, 5.41) is 15.9. The monoisotopic (exact) mass is 373 g/mol. The summed E-state index contributed by atoms with van der Waals surface area (Å²) in [6.07, 6.45) is 0. The van der Waals surface area contributed by atoms with Crippen molar-refractivity contribution in [2.24, 2.45) is 5.11 Å². The van der Waals surface area contributed by atoms with Crippen LogP contribution in [0.25, 0.3) is 10.4 Å². The highest BCUT2D eigenvalue weighted by Crippen LogP contribution is 2.35. The first kappa shape index (κ1) is 20.8. The molecular formula is C13H16ClN5O6. The van der Waals surface area contributed by atoms with Gasteiger partial charge in [-0.1, -0.05) is 17.2 Å². The van der Waals surface area contributed by atoms with Crippen molar-refractivity contribution in [3.63, 3.8) is 0 Å². The first-order valence-electron chi connectivity index (χ1n) is 6.82. The van der Waals surface area contributed by atoms with E-state index in [9.17, 15) is 10.1 Å². The van der Waals surface area contributed by atoms with E-state index in [1.165, 1.54) is 0 Å². The molecule has 0 atom stereocenters. The smallest absolute Gasteiger partial charge is 0.504 e. The van der Waals surface area contributed by atoms with Crippen LogP contribution in [0.2, 0.25) is 0 Å². The number of rotatable bonds is 2. The number of nitrogens with zero attached hydrogens (tertiary/aromatic N) is 5. The Kier molecular flexibility index (Phi) is 5.75. The van der Waals surface area contributed by atoms with E-state index in [-0.39, 0.29) is 5.84 Å². The van der Waals surface area contributed by atoms with E-state index < -0.39 is 21.3 Å². The minimum absolute atomic E-state index is 0.0764. The largest absolute Gasteiger partial charge is 0.618 e.